The third-order valence-corrected chi connectivity index (χ3v) is 2.16. The first-order chi connectivity index (χ1) is 9.08. The minimum atomic E-state index is -0.329. The number of unbranched alkanes of at least 4 members (excludes halogenated alkanes) is 5. The molecule has 0 heterocycles. The Labute approximate surface area is 116 Å². The maximum absolute atomic E-state index is 10.6. The number of hydrogen-bond acceptors (Lipinski definition) is 4. The highest BCUT2D eigenvalue weighted by atomic mass is 16.5. The van der Waals surface area contributed by atoms with Gasteiger partial charge in [-0.2, -0.15) is 0 Å². The van der Waals surface area contributed by atoms with E-state index in [1.54, 1.807) is 0 Å². The lowest BCUT2D eigenvalue weighted by molar-refractivity contribution is -0.138. The van der Waals surface area contributed by atoms with Crippen LogP contribution in [0.5, 0.6) is 0 Å². The van der Waals surface area contributed by atoms with Gasteiger partial charge in [0, 0.05) is 13.0 Å². The lowest BCUT2D eigenvalue weighted by atomic mass is 10.1. The van der Waals surface area contributed by atoms with Gasteiger partial charge >= 0.3 is 11.9 Å². The monoisotopic (exact) mass is 270 g/mol. The van der Waals surface area contributed by atoms with E-state index >= 15 is 0 Å². The number of esters is 2. The Kier molecular flexibility index (Phi) is 17.1. The van der Waals surface area contributed by atoms with Gasteiger partial charge in [-0.1, -0.05) is 52.2 Å². The van der Waals surface area contributed by atoms with Crippen LogP contribution < -0.4 is 0 Å². The molecule has 0 fully saturated rings. The molecule has 0 unspecified atom stereocenters. The number of carbonyl (C=O) groups excluding carboxylic acids is 2. The van der Waals surface area contributed by atoms with E-state index in [0.29, 0.717) is 6.61 Å². The predicted molar refractivity (Wildman–Crippen MR) is 76.5 cm³/mol. The van der Waals surface area contributed by atoms with Gasteiger partial charge in [-0.05, 0) is 6.42 Å². The number of carbonyl (C=O) groups is 2. The van der Waals surface area contributed by atoms with Gasteiger partial charge in [0.05, 0.1) is 12.9 Å². The molecule has 0 atom stereocenters. The molecule has 0 radical (unpaired) electrons. The first-order valence-corrected chi connectivity index (χ1v) is 6.65. The summed E-state index contributed by atoms with van der Waals surface area (Å²) >= 11 is 0. The standard InChI is InChI=1S/C11H20O2.C4H6O2/c1-3-5-6-7-8-9-10-13-11(12)4-2;1-3-6-4(2)5/h4H,2-3,5-10H2,1H3;3H,1H2,2H3. The van der Waals surface area contributed by atoms with Gasteiger partial charge in [0.2, 0.25) is 0 Å². The van der Waals surface area contributed by atoms with Crippen molar-refractivity contribution in [3.05, 3.63) is 25.5 Å². The fourth-order valence-electron chi connectivity index (χ4n) is 1.23. The Morgan fingerprint density at radius 2 is 1.63 bits per heavy atom. The first-order valence-electron chi connectivity index (χ1n) is 6.65. The average molecular weight is 270 g/mol. The van der Waals surface area contributed by atoms with Crippen LogP contribution in [-0.4, -0.2) is 18.5 Å². The zero-order valence-corrected chi connectivity index (χ0v) is 12.2. The average Bonchev–Trinajstić information content (AvgIpc) is 2.38. The summed E-state index contributed by atoms with van der Waals surface area (Å²) in [5.74, 6) is -0.640. The van der Waals surface area contributed by atoms with Gasteiger partial charge in [-0.3, -0.25) is 4.79 Å². The summed E-state index contributed by atoms with van der Waals surface area (Å²) < 4.78 is 9.01. The number of hydrogen-bond donors (Lipinski definition) is 0. The molecule has 4 heteroatoms. The van der Waals surface area contributed by atoms with Crippen LogP contribution >= 0.6 is 0 Å². The Balaban J connectivity index is 0. The van der Waals surface area contributed by atoms with Gasteiger partial charge in [0.15, 0.2) is 0 Å². The van der Waals surface area contributed by atoms with Crippen molar-refractivity contribution in [2.75, 3.05) is 6.61 Å². The molecule has 19 heavy (non-hydrogen) atoms. The molecular formula is C15H26O4. The van der Waals surface area contributed by atoms with Crippen LogP contribution in [0.3, 0.4) is 0 Å². The SMILES string of the molecule is C=CC(=O)OCCCCCCCC.C=COC(C)=O. The zero-order chi connectivity index (χ0) is 14.9. The molecular weight excluding hydrogens is 244 g/mol. The fraction of sp³-hybridized carbons (Fsp3) is 0.600. The van der Waals surface area contributed by atoms with Crippen molar-refractivity contribution in [2.45, 2.75) is 52.4 Å². The molecule has 4 nitrogen and oxygen atoms in total. The quantitative estimate of drug-likeness (QED) is 0.277. The van der Waals surface area contributed by atoms with Gasteiger partial charge in [-0.15, -0.1) is 0 Å². The molecule has 0 aromatic rings. The molecule has 0 spiro atoms. The molecule has 0 aliphatic carbocycles. The van der Waals surface area contributed by atoms with Crippen molar-refractivity contribution >= 4 is 11.9 Å². The molecule has 0 bridgehead atoms. The van der Waals surface area contributed by atoms with Crippen molar-refractivity contribution in [1.82, 2.24) is 0 Å². The lowest BCUT2D eigenvalue weighted by Gasteiger charge is -2.01. The molecule has 0 aromatic carbocycles. The molecule has 0 rings (SSSR count). The normalized spacial score (nSPS) is 8.74. The van der Waals surface area contributed by atoms with E-state index in [-0.39, 0.29) is 11.9 Å². The summed E-state index contributed by atoms with van der Waals surface area (Å²) in [5.41, 5.74) is 0. The van der Waals surface area contributed by atoms with Crippen LogP contribution in [0.15, 0.2) is 25.5 Å². The second-order valence-electron chi connectivity index (χ2n) is 3.92. The van der Waals surface area contributed by atoms with Gasteiger partial charge in [-0.25, -0.2) is 4.79 Å². The van der Waals surface area contributed by atoms with Crippen LogP contribution in [0.25, 0.3) is 0 Å². The summed E-state index contributed by atoms with van der Waals surface area (Å²) in [4.78, 5) is 20.4. The van der Waals surface area contributed by atoms with E-state index in [9.17, 15) is 9.59 Å². The maximum atomic E-state index is 10.6. The number of ether oxygens (including phenoxy) is 2. The van der Waals surface area contributed by atoms with E-state index in [1.807, 2.05) is 0 Å². The summed E-state index contributed by atoms with van der Waals surface area (Å²) in [5, 5.41) is 0. The smallest absolute Gasteiger partial charge is 0.330 e. The highest BCUT2D eigenvalue weighted by Gasteiger charge is 1.94. The summed E-state index contributed by atoms with van der Waals surface area (Å²) in [6, 6.07) is 0. The zero-order valence-electron chi connectivity index (χ0n) is 12.2. The largest absolute Gasteiger partial charge is 0.463 e. The Bertz CT molecular complexity index is 259. The van der Waals surface area contributed by atoms with Crippen molar-refractivity contribution in [3.63, 3.8) is 0 Å². The van der Waals surface area contributed by atoms with Crippen LogP contribution in [0, 0.1) is 0 Å². The second kappa shape index (κ2) is 16.4. The van der Waals surface area contributed by atoms with Crippen LogP contribution in [0.4, 0.5) is 0 Å². The highest BCUT2D eigenvalue weighted by Crippen LogP contribution is 2.04. The summed E-state index contributed by atoms with van der Waals surface area (Å²) in [6.45, 7) is 10.5. The minimum absolute atomic E-state index is 0.312. The van der Waals surface area contributed by atoms with Crippen LogP contribution in [-0.2, 0) is 19.1 Å². The molecule has 0 aliphatic heterocycles. The van der Waals surface area contributed by atoms with Crippen molar-refractivity contribution in [1.29, 1.82) is 0 Å². The van der Waals surface area contributed by atoms with E-state index < -0.39 is 0 Å². The van der Waals surface area contributed by atoms with Crippen LogP contribution in [0.1, 0.15) is 52.4 Å². The van der Waals surface area contributed by atoms with E-state index in [4.69, 9.17) is 4.74 Å². The molecule has 0 aliphatic rings. The topological polar surface area (TPSA) is 52.6 Å². The first kappa shape index (κ1) is 19.8. The second-order valence-corrected chi connectivity index (χ2v) is 3.92. The highest BCUT2D eigenvalue weighted by molar-refractivity contribution is 5.81. The Morgan fingerprint density at radius 1 is 1.05 bits per heavy atom. The Hall–Kier alpha value is -1.58. The molecule has 0 saturated heterocycles. The van der Waals surface area contributed by atoms with E-state index in [2.05, 4.69) is 24.8 Å². The van der Waals surface area contributed by atoms with Gasteiger partial charge in [0.1, 0.15) is 0 Å². The molecule has 0 N–H and O–H groups in total. The summed E-state index contributed by atoms with van der Waals surface area (Å²) in [6.07, 6.45) is 9.57. The van der Waals surface area contributed by atoms with Crippen molar-refractivity contribution < 1.29 is 19.1 Å². The summed E-state index contributed by atoms with van der Waals surface area (Å²) in [7, 11) is 0. The molecule has 0 saturated carbocycles. The lowest BCUT2D eigenvalue weighted by Crippen LogP contribution is -2.01. The molecule has 0 amide bonds. The third-order valence-electron chi connectivity index (χ3n) is 2.16. The molecule has 0 aromatic heterocycles. The van der Waals surface area contributed by atoms with Crippen LogP contribution in [0.2, 0.25) is 0 Å². The van der Waals surface area contributed by atoms with E-state index in [0.717, 1.165) is 19.1 Å². The minimum Gasteiger partial charge on any atom is -0.463 e. The van der Waals surface area contributed by atoms with Crippen molar-refractivity contribution in [2.24, 2.45) is 0 Å². The third kappa shape index (κ3) is 22.1. The van der Waals surface area contributed by atoms with Gasteiger partial charge < -0.3 is 9.47 Å². The predicted octanol–water partition coefficient (Wildman–Crippen LogP) is 3.77. The van der Waals surface area contributed by atoms with E-state index in [1.165, 1.54) is 38.7 Å². The Morgan fingerprint density at radius 3 is 2.05 bits per heavy atom. The van der Waals surface area contributed by atoms with Crippen molar-refractivity contribution in [3.8, 4) is 0 Å². The number of rotatable bonds is 9. The molecule has 110 valence electrons. The maximum Gasteiger partial charge on any atom is 0.330 e. The fourth-order valence-corrected chi connectivity index (χ4v) is 1.23. The van der Waals surface area contributed by atoms with Gasteiger partial charge in [0.25, 0.3) is 0 Å².